The van der Waals surface area contributed by atoms with E-state index in [0.717, 1.165) is 51.6 Å². The topological polar surface area (TPSA) is 52.6 Å². The number of piperidine rings is 1. The third kappa shape index (κ3) is 7.80. The van der Waals surface area contributed by atoms with Crippen LogP contribution in [0, 0.1) is 12.8 Å². The zero-order valence-corrected chi connectivity index (χ0v) is 21.7. The molecule has 8 heteroatoms. The monoisotopic (exact) mass is 547 g/mol. The van der Waals surface area contributed by atoms with Gasteiger partial charge in [-0.25, -0.2) is 9.98 Å². The highest BCUT2D eigenvalue weighted by molar-refractivity contribution is 14.0. The first kappa shape index (κ1) is 24.6. The molecule has 0 saturated carbocycles. The molecular formula is C21H34IN5S2. The van der Waals surface area contributed by atoms with Crippen LogP contribution in [0.15, 0.2) is 21.8 Å². The lowest BCUT2D eigenvalue weighted by Gasteiger charge is -2.31. The number of hydrogen-bond acceptors (Lipinski definition) is 5. The van der Waals surface area contributed by atoms with Gasteiger partial charge in [-0.1, -0.05) is 6.92 Å². The predicted octanol–water partition coefficient (Wildman–Crippen LogP) is 4.66. The molecule has 1 saturated heterocycles. The summed E-state index contributed by atoms with van der Waals surface area (Å²) in [6.07, 6.45) is 3.52. The number of halogens is 1. The number of guanidine groups is 1. The van der Waals surface area contributed by atoms with E-state index in [0.29, 0.717) is 5.92 Å². The number of aromatic nitrogens is 1. The van der Waals surface area contributed by atoms with Gasteiger partial charge < -0.3 is 10.6 Å². The fourth-order valence-electron chi connectivity index (χ4n) is 3.46. The molecule has 2 N–H and O–H groups in total. The van der Waals surface area contributed by atoms with Gasteiger partial charge in [-0.15, -0.1) is 46.7 Å². The molecule has 0 unspecified atom stereocenters. The zero-order chi connectivity index (χ0) is 19.8. The number of nitrogens with zero attached hydrogens (tertiary/aromatic N) is 3. The Morgan fingerprint density at radius 2 is 2.03 bits per heavy atom. The smallest absolute Gasteiger partial charge is 0.191 e. The molecule has 162 valence electrons. The Hall–Kier alpha value is -0.710. The quantitative estimate of drug-likeness (QED) is 0.287. The van der Waals surface area contributed by atoms with E-state index in [1.807, 2.05) is 0 Å². The number of rotatable bonds is 8. The molecule has 2 aromatic heterocycles. The number of thiazole rings is 1. The van der Waals surface area contributed by atoms with Crippen molar-refractivity contribution in [1.29, 1.82) is 0 Å². The van der Waals surface area contributed by atoms with Gasteiger partial charge >= 0.3 is 0 Å². The van der Waals surface area contributed by atoms with Crippen LogP contribution in [-0.2, 0) is 19.5 Å². The summed E-state index contributed by atoms with van der Waals surface area (Å²) in [5.74, 6) is 1.65. The zero-order valence-electron chi connectivity index (χ0n) is 17.7. The van der Waals surface area contributed by atoms with E-state index in [-0.39, 0.29) is 24.0 Å². The summed E-state index contributed by atoms with van der Waals surface area (Å²) in [6, 6.07) is 2.17. The van der Waals surface area contributed by atoms with Gasteiger partial charge in [0.05, 0.1) is 17.2 Å². The van der Waals surface area contributed by atoms with Crippen LogP contribution in [-0.4, -0.2) is 42.0 Å². The Morgan fingerprint density at radius 3 is 2.66 bits per heavy atom. The Morgan fingerprint density at radius 1 is 1.24 bits per heavy atom. The molecule has 0 aliphatic carbocycles. The minimum Gasteiger partial charge on any atom is -0.357 e. The van der Waals surface area contributed by atoms with E-state index in [1.165, 1.54) is 34.0 Å². The second kappa shape index (κ2) is 12.9. The van der Waals surface area contributed by atoms with Gasteiger partial charge in [0.2, 0.25) is 0 Å². The van der Waals surface area contributed by atoms with Crippen LogP contribution < -0.4 is 10.6 Å². The summed E-state index contributed by atoms with van der Waals surface area (Å²) in [7, 11) is 0. The van der Waals surface area contributed by atoms with Gasteiger partial charge in [-0.2, -0.15) is 0 Å². The van der Waals surface area contributed by atoms with Crippen molar-refractivity contribution in [3.63, 3.8) is 0 Å². The maximum atomic E-state index is 4.77. The first-order valence-corrected chi connectivity index (χ1v) is 12.1. The van der Waals surface area contributed by atoms with E-state index in [1.54, 1.807) is 22.7 Å². The molecule has 1 fully saturated rings. The van der Waals surface area contributed by atoms with Crippen molar-refractivity contribution in [3.05, 3.63) is 38.0 Å². The minimum absolute atomic E-state index is 0. The van der Waals surface area contributed by atoms with Gasteiger partial charge in [0, 0.05) is 29.9 Å². The standard InChI is InChI=1S/C21H33N5S2.HI/c1-4-20-25-18(15-28-20)14-26-9-6-17(7-10-26)12-23-21(22-5-2)24-13-19-16(3)8-11-27-19;/h8,11,15,17H,4-7,9-10,12-14H2,1-3H3,(H2,22,23,24);1H. The normalized spacial score (nSPS) is 15.9. The number of aryl methyl sites for hydroxylation is 2. The van der Waals surface area contributed by atoms with E-state index >= 15 is 0 Å². The number of hydrogen-bond donors (Lipinski definition) is 2. The first-order valence-electron chi connectivity index (χ1n) is 10.4. The largest absolute Gasteiger partial charge is 0.357 e. The van der Waals surface area contributed by atoms with Crippen LogP contribution in [0.3, 0.4) is 0 Å². The van der Waals surface area contributed by atoms with Gasteiger partial charge in [0.15, 0.2) is 5.96 Å². The third-order valence-corrected chi connectivity index (χ3v) is 7.30. The van der Waals surface area contributed by atoms with Gasteiger partial charge in [0.25, 0.3) is 0 Å². The van der Waals surface area contributed by atoms with Crippen LogP contribution in [0.5, 0.6) is 0 Å². The molecule has 29 heavy (non-hydrogen) atoms. The van der Waals surface area contributed by atoms with Crippen LogP contribution >= 0.6 is 46.7 Å². The second-order valence-electron chi connectivity index (χ2n) is 7.41. The van der Waals surface area contributed by atoms with E-state index in [2.05, 4.69) is 53.1 Å². The molecule has 0 spiro atoms. The Kier molecular flexibility index (Phi) is 10.9. The minimum atomic E-state index is 0. The summed E-state index contributed by atoms with van der Waals surface area (Å²) in [4.78, 5) is 13.4. The van der Waals surface area contributed by atoms with E-state index in [9.17, 15) is 0 Å². The highest BCUT2D eigenvalue weighted by Gasteiger charge is 2.20. The summed E-state index contributed by atoms with van der Waals surface area (Å²) in [5, 5.41) is 12.6. The van der Waals surface area contributed by atoms with Crippen molar-refractivity contribution in [3.8, 4) is 0 Å². The lowest BCUT2D eigenvalue weighted by atomic mass is 9.97. The number of thiophene rings is 1. The molecule has 1 aliphatic rings. The molecule has 0 bridgehead atoms. The van der Waals surface area contributed by atoms with Crippen molar-refractivity contribution in [2.45, 2.75) is 53.1 Å². The average molecular weight is 548 g/mol. The average Bonchev–Trinajstić information content (AvgIpc) is 3.33. The van der Waals surface area contributed by atoms with Crippen molar-refractivity contribution in [2.75, 3.05) is 26.2 Å². The van der Waals surface area contributed by atoms with Crippen LogP contribution in [0.2, 0.25) is 0 Å². The Labute approximate surface area is 200 Å². The van der Waals surface area contributed by atoms with Crippen molar-refractivity contribution >= 4 is 52.6 Å². The molecule has 0 radical (unpaired) electrons. The number of aliphatic imine (C=N–C) groups is 1. The molecule has 3 rings (SSSR count). The van der Waals surface area contributed by atoms with Crippen LogP contribution in [0.4, 0.5) is 0 Å². The Bertz CT molecular complexity index is 750. The third-order valence-electron chi connectivity index (χ3n) is 5.25. The van der Waals surface area contributed by atoms with Crippen molar-refractivity contribution < 1.29 is 0 Å². The molecule has 1 aliphatic heterocycles. The number of nitrogens with one attached hydrogen (secondary N) is 2. The maximum Gasteiger partial charge on any atom is 0.191 e. The summed E-state index contributed by atoms with van der Waals surface area (Å²) >= 11 is 3.58. The molecule has 0 amide bonds. The summed E-state index contributed by atoms with van der Waals surface area (Å²) in [6.45, 7) is 12.4. The van der Waals surface area contributed by atoms with Gasteiger partial charge in [0.1, 0.15) is 0 Å². The number of likely N-dealkylation sites (tertiary alicyclic amines) is 1. The van der Waals surface area contributed by atoms with Crippen molar-refractivity contribution in [2.24, 2.45) is 10.9 Å². The van der Waals surface area contributed by atoms with E-state index in [4.69, 9.17) is 9.98 Å². The molecule has 0 atom stereocenters. The van der Waals surface area contributed by atoms with E-state index < -0.39 is 0 Å². The summed E-state index contributed by atoms with van der Waals surface area (Å²) in [5.41, 5.74) is 2.58. The first-order chi connectivity index (χ1) is 13.7. The second-order valence-corrected chi connectivity index (χ2v) is 9.35. The fraction of sp³-hybridized carbons (Fsp3) is 0.619. The predicted molar refractivity (Wildman–Crippen MR) is 137 cm³/mol. The molecule has 2 aromatic rings. The molecule has 5 nitrogen and oxygen atoms in total. The van der Waals surface area contributed by atoms with Crippen LogP contribution in [0.25, 0.3) is 0 Å². The highest BCUT2D eigenvalue weighted by Crippen LogP contribution is 2.20. The van der Waals surface area contributed by atoms with Crippen molar-refractivity contribution in [1.82, 2.24) is 20.5 Å². The summed E-state index contributed by atoms with van der Waals surface area (Å²) < 4.78 is 0. The lowest BCUT2D eigenvalue weighted by molar-refractivity contribution is 0.176. The lowest BCUT2D eigenvalue weighted by Crippen LogP contribution is -2.42. The van der Waals surface area contributed by atoms with Gasteiger partial charge in [-0.05, 0) is 69.1 Å². The molecule has 0 aromatic carbocycles. The SMILES string of the molecule is CCNC(=NCc1sccc1C)NCC1CCN(Cc2csc(CC)n2)CC1.I. The molecule has 3 heterocycles. The van der Waals surface area contributed by atoms with Gasteiger partial charge in [-0.3, -0.25) is 4.90 Å². The highest BCUT2D eigenvalue weighted by atomic mass is 127. The fourth-order valence-corrected chi connectivity index (χ4v) is 5.03. The maximum absolute atomic E-state index is 4.77. The Balaban J connectivity index is 0.00000300. The van der Waals surface area contributed by atoms with Crippen LogP contribution in [0.1, 0.15) is 47.8 Å². The molecular weight excluding hydrogens is 513 g/mol.